The lowest BCUT2D eigenvalue weighted by Crippen LogP contribution is -2.53. The number of carbonyl (C=O) groups excluding carboxylic acids is 2. The molecule has 3 amide bonds. The standard InChI is InChI=1S/C23H24N4O5/c1-24-10-14-3-6-18-16(7-14)8-20(32-18)23(21(28)25-22(29)26-23)12-27-11-15-4-5-17(30-2)9-19(15)31-13-27/h3-9,24H,10-13H2,1-2H3,(H2,25,26,28,29)/t23-/m0/s1. The van der Waals surface area contributed by atoms with Crippen molar-refractivity contribution in [2.45, 2.75) is 18.6 Å². The maximum Gasteiger partial charge on any atom is 0.322 e. The number of hydrogen-bond acceptors (Lipinski definition) is 7. The van der Waals surface area contributed by atoms with Gasteiger partial charge in [-0.25, -0.2) is 4.79 Å². The Morgan fingerprint density at radius 1 is 1.19 bits per heavy atom. The van der Waals surface area contributed by atoms with Crippen molar-refractivity contribution in [1.82, 2.24) is 20.9 Å². The minimum absolute atomic E-state index is 0.194. The number of amides is 3. The molecule has 0 bridgehead atoms. The van der Waals surface area contributed by atoms with Crippen LogP contribution in [0.3, 0.4) is 0 Å². The third-order valence-electron chi connectivity index (χ3n) is 5.86. The molecule has 0 saturated carbocycles. The molecule has 1 saturated heterocycles. The van der Waals surface area contributed by atoms with Crippen LogP contribution in [-0.4, -0.2) is 44.3 Å². The predicted octanol–water partition coefficient (Wildman–Crippen LogP) is 2.05. The summed E-state index contributed by atoms with van der Waals surface area (Å²) in [6.07, 6.45) is 0. The van der Waals surface area contributed by atoms with Gasteiger partial charge in [0.15, 0.2) is 5.54 Å². The molecule has 1 atom stereocenters. The third kappa shape index (κ3) is 3.45. The molecule has 9 heteroatoms. The van der Waals surface area contributed by atoms with Crippen LogP contribution in [0.15, 0.2) is 46.9 Å². The highest BCUT2D eigenvalue weighted by atomic mass is 16.5. The van der Waals surface area contributed by atoms with Gasteiger partial charge in [0.1, 0.15) is 29.6 Å². The van der Waals surface area contributed by atoms with E-state index in [9.17, 15) is 9.59 Å². The summed E-state index contributed by atoms with van der Waals surface area (Å²) in [6.45, 7) is 1.72. The molecular weight excluding hydrogens is 412 g/mol. The summed E-state index contributed by atoms with van der Waals surface area (Å²) in [5, 5.41) is 9.15. The number of benzene rings is 2. The van der Waals surface area contributed by atoms with Crippen LogP contribution in [0.1, 0.15) is 16.9 Å². The van der Waals surface area contributed by atoms with Crippen LogP contribution >= 0.6 is 0 Å². The number of ether oxygens (including phenoxy) is 2. The van der Waals surface area contributed by atoms with Gasteiger partial charge in [0.25, 0.3) is 5.91 Å². The number of nitrogens with one attached hydrogen (secondary N) is 3. The average molecular weight is 436 g/mol. The molecule has 9 nitrogen and oxygen atoms in total. The summed E-state index contributed by atoms with van der Waals surface area (Å²) in [6, 6.07) is 12.8. The van der Waals surface area contributed by atoms with Crippen molar-refractivity contribution < 1.29 is 23.5 Å². The van der Waals surface area contributed by atoms with Gasteiger partial charge in [-0.1, -0.05) is 12.1 Å². The number of rotatable bonds is 6. The number of methoxy groups -OCH3 is 1. The number of urea groups is 1. The molecular formula is C23H24N4O5. The van der Waals surface area contributed by atoms with Crippen LogP contribution < -0.4 is 25.4 Å². The lowest BCUT2D eigenvalue weighted by Gasteiger charge is -2.34. The van der Waals surface area contributed by atoms with E-state index < -0.39 is 17.5 Å². The van der Waals surface area contributed by atoms with E-state index in [1.165, 1.54) is 0 Å². The van der Waals surface area contributed by atoms with Gasteiger partial charge in [-0.05, 0) is 36.9 Å². The molecule has 1 aromatic heterocycles. The van der Waals surface area contributed by atoms with Gasteiger partial charge in [0, 0.05) is 36.7 Å². The van der Waals surface area contributed by atoms with Gasteiger partial charge in [-0.3, -0.25) is 15.0 Å². The molecule has 1 fully saturated rings. The Labute approximate surface area is 184 Å². The Balaban J connectivity index is 1.47. The van der Waals surface area contributed by atoms with Crippen molar-refractivity contribution in [3.63, 3.8) is 0 Å². The summed E-state index contributed by atoms with van der Waals surface area (Å²) in [5.41, 5.74) is 1.36. The van der Waals surface area contributed by atoms with Gasteiger partial charge < -0.3 is 24.5 Å². The molecule has 32 heavy (non-hydrogen) atoms. The van der Waals surface area contributed by atoms with E-state index >= 15 is 0 Å². The first-order valence-corrected chi connectivity index (χ1v) is 10.3. The molecule has 3 N–H and O–H groups in total. The lowest BCUT2D eigenvalue weighted by molar-refractivity contribution is -0.126. The quantitative estimate of drug-likeness (QED) is 0.508. The minimum atomic E-state index is -1.35. The maximum absolute atomic E-state index is 13.0. The highest BCUT2D eigenvalue weighted by molar-refractivity contribution is 6.07. The van der Waals surface area contributed by atoms with E-state index in [0.29, 0.717) is 24.4 Å². The zero-order valence-electron chi connectivity index (χ0n) is 17.9. The summed E-state index contributed by atoms with van der Waals surface area (Å²) in [7, 11) is 3.49. The van der Waals surface area contributed by atoms with Gasteiger partial charge in [-0.15, -0.1) is 0 Å². The average Bonchev–Trinajstić information content (AvgIpc) is 3.34. The van der Waals surface area contributed by atoms with Gasteiger partial charge in [-0.2, -0.15) is 0 Å². The van der Waals surface area contributed by atoms with Crippen LogP contribution in [-0.2, 0) is 23.4 Å². The Bertz CT molecular complexity index is 1210. The Hall–Kier alpha value is -3.56. The second-order valence-corrected chi connectivity index (χ2v) is 8.06. The van der Waals surface area contributed by atoms with E-state index in [-0.39, 0.29) is 13.3 Å². The van der Waals surface area contributed by atoms with Crippen LogP contribution in [0, 0.1) is 0 Å². The van der Waals surface area contributed by atoms with Crippen LogP contribution in [0.25, 0.3) is 11.0 Å². The fourth-order valence-electron chi connectivity index (χ4n) is 4.28. The Kier molecular flexibility index (Phi) is 4.99. The molecule has 2 aliphatic rings. The molecule has 0 unspecified atom stereocenters. The summed E-state index contributed by atoms with van der Waals surface area (Å²) >= 11 is 0. The summed E-state index contributed by atoms with van der Waals surface area (Å²) < 4.78 is 17.2. The topological polar surface area (TPSA) is 105 Å². The second-order valence-electron chi connectivity index (χ2n) is 8.06. The normalized spacial score (nSPS) is 20.6. The highest BCUT2D eigenvalue weighted by Gasteiger charge is 2.51. The van der Waals surface area contributed by atoms with E-state index in [0.717, 1.165) is 28.0 Å². The third-order valence-corrected chi connectivity index (χ3v) is 5.86. The first kappa shape index (κ1) is 20.3. The highest BCUT2D eigenvalue weighted by Crippen LogP contribution is 2.35. The van der Waals surface area contributed by atoms with E-state index in [1.807, 2.05) is 54.4 Å². The lowest BCUT2D eigenvalue weighted by atomic mass is 9.94. The zero-order chi connectivity index (χ0) is 22.3. The predicted molar refractivity (Wildman–Crippen MR) is 116 cm³/mol. The van der Waals surface area contributed by atoms with Gasteiger partial charge >= 0.3 is 6.03 Å². The molecule has 0 radical (unpaired) electrons. The largest absolute Gasteiger partial charge is 0.497 e. The monoisotopic (exact) mass is 436 g/mol. The van der Waals surface area contributed by atoms with Crippen LogP contribution in [0.2, 0.25) is 0 Å². The number of furan rings is 1. The molecule has 0 spiro atoms. The first-order valence-electron chi connectivity index (χ1n) is 10.3. The summed E-state index contributed by atoms with van der Waals surface area (Å²) in [4.78, 5) is 27.1. The maximum atomic E-state index is 13.0. The molecule has 5 rings (SSSR count). The SMILES string of the molecule is CNCc1ccc2oc([C@]3(CN4COc5cc(OC)ccc5C4)NC(=O)NC3=O)cc2c1. The molecule has 3 heterocycles. The first-order chi connectivity index (χ1) is 15.5. The van der Waals surface area contributed by atoms with Crippen molar-refractivity contribution in [1.29, 1.82) is 0 Å². The van der Waals surface area contributed by atoms with Gasteiger partial charge in [0.2, 0.25) is 0 Å². The van der Waals surface area contributed by atoms with Crippen molar-refractivity contribution in [3.8, 4) is 11.5 Å². The molecule has 2 aromatic carbocycles. The van der Waals surface area contributed by atoms with E-state index in [1.54, 1.807) is 7.11 Å². The number of carbonyl (C=O) groups is 2. The molecule has 0 aliphatic carbocycles. The second kappa shape index (κ2) is 7.85. The van der Waals surface area contributed by atoms with Crippen LogP contribution in [0.5, 0.6) is 11.5 Å². The van der Waals surface area contributed by atoms with E-state index in [4.69, 9.17) is 13.9 Å². The zero-order valence-corrected chi connectivity index (χ0v) is 17.9. The van der Waals surface area contributed by atoms with Crippen molar-refractivity contribution in [2.75, 3.05) is 27.4 Å². The number of imide groups is 1. The molecule has 2 aliphatic heterocycles. The van der Waals surface area contributed by atoms with Crippen molar-refractivity contribution in [3.05, 3.63) is 59.4 Å². The number of fused-ring (bicyclic) bond motifs is 2. The van der Waals surface area contributed by atoms with Crippen molar-refractivity contribution in [2.24, 2.45) is 0 Å². The Morgan fingerprint density at radius 3 is 2.81 bits per heavy atom. The Morgan fingerprint density at radius 2 is 2.06 bits per heavy atom. The fraction of sp³-hybridized carbons (Fsp3) is 0.304. The van der Waals surface area contributed by atoms with Crippen molar-refractivity contribution >= 4 is 22.9 Å². The minimum Gasteiger partial charge on any atom is -0.497 e. The number of nitrogens with zero attached hydrogens (tertiary/aromatic N) is 1. The van der Waals surface area contributed by atoms with Crippen LogP contribution in [0.4, 0.5) is 4.79 Å². The number of hydrogen-bond donors (Lipinski definition) is 3. The molecule has 166 valence electrons. The van der Waals surface area contributed by atoms with Gasteiger partial charge in [0.05, 0.1) is 7.11 Å². The van der Waals surface area contributed by atoms with E-state index in [2.05, 4.69) is 16.0 Å². The summed E-state index contributed by atoms with van der Waals surface area (Å²) in [5.74, 6) is 1.40. The fourth-order valence-corrected chi connectivity index (χ4v) is 4.28. The smallest absolute Gasteiger partial charge is 0.322 e. The molecule has 3 aromatic rings.